The first-order valence-electron chi connectivity index (χ1n) is 5.59. The molecule has 0 amide bonds. The predicted octanol–water partition coefficient (Wildman–Crippen LogP) is 2.64. The molecule has 94 valence electrons. The number of pyridine rings is 1. The molecule has 1 rings (SSSR count). The number of nitrogens with one attached hydrogen (secondary N) is 1. The first-order valence-corrected chi connectivity index (χ1v) is 6.98. The lowest BCUT2D eigenvalue weighted by molar-refractivity contribution is 0.0695. The molecule has 4 nitrogen and oxygen atoms in total. The summed E-state index contributed by atoms with van der Waals surface area (Å²) < 4.78 is 0. The number of carbonyl (C=O) groups is 1. The van der Waals surface area contributed by atoms with Crippen molar-refractivity contribution in [3.05, 3.63) is 23.4 Å². The van der Waals surface area contributed by atoms with E-state index in [2.05, 4.69) is 16.6 Å². The van der Waals surface area contributed by atoms with E-state index in [-0.39, 0.29) is 5.56 Å². The molecule has 0 atom stereocenters. The second-order valence-corrected chi connectivity index (χ2v) is 4.75. The number of aromatic nitrogens is 1. The van der Waals surface area contributed by atoms with Crippen LogP contribution in [0.25, 0.3) is 0 Å². The quantitative estimate of drug-likeness (QED) is 0.732. The largest absolute Gasteiger partial charge is 0.478 e. The van der Waals surface area contributed by atoms with E-state index in [1.54, 1.807) is 19.1 Å². The fourth-order valence-electron chi connectivity index (χ4n) is 1.47. The predicted molar refractivity (Wildman–Crippen MR) is 72.0 cm³/mol. The van der Waals surface area contributed by atoms with E-state index in [0.717, 1.165) is 18.8 Å². The highest BCUT2D eigenvalue weighted by molar-refractivity contribution is 7.98. The second kappa shape index (κ2) is 7.17. The lowest BCUT2D eigenvalue weighted by Crippen LogP contribution is -2.07. The molecule has 0 spiro atoms. The highest BCUT2D eigenvalue weighted by atomic mass is 32.2. The van der Waals surface area contributed by atoms with Crippen LogP contribution in [0.15, 0.2) is 12.1 Å². The van der Waals surface area contributed by atoms with Gasteiger partial charge >= 0.3 is 5.97 Å². The zero-order valence-electron chi connectivity index (χ0n) is 10.2. The van der Waals surface area contributed by atoms with E-state index >= 15 is 0 Å². The summed E-state index contributed by atoms with van der Waals surface area (Å²) in [6.45, 7) is 2.59. The highest BCUT2D eigenvalue weighted by Crippen LogP contribution is 2.10. The Morgan fingerprint density at radius 3 is 2.82 bits per heavy atom. The van der Waals surface area contributed by atoms with Crippen LogP contribution in [0.2, 0.25) is 0 Å². The summed E-state index contributed by atoms with van der Waals surface area (Å²) in [6, 6.07) is 3.31. The van der Waals surface area contributed by atoms with Crippen molar-refractivity contribution in [1.29, 1.82) is 0 Å². The summed E-state index contributed by atoms with van der Waals surface area (Å²) >= 11 is 1.85. The molecule has 0 fully saturated rings. The number of thioether (sulfide) groups is 1. The molecule has 0 aliphatic rings. The third kappa shape index (κ3) is 4.65. The number of nitrogens with zero attached hydrogens (tertiary/aromatic N) is 1. The van der Waals surface area contributed by atoms with Gasteiger partial charge < -0.3 is 10.4 Å². The summed E-state index contributed by atoms with van der Waals surface area (Å²) in [4.78, 5) is 15.0. The summed E-state index contributed by atoms with van der Waals surface area (Å²) in [7, 11) is 0. The molecule has 0 saturated carbocycles. The molecule has 0 saturated heterocycles. The van der Waals surface area contributed by atoms with Crippen LogP contribution < -0.4 is 5.32 Å². The molecule has 1 aromatic rings. The number of aryl methyl sites for hydroxylation is 1. The molecule has 2 N–H and O–H groups in total. The Morgan fingerprint density at radius 1 is 1.47 bits per heavy atom. The zero-order chi connectivity index (χ0) is 12.7. The zero-order valence-corrected chi connectivity index (χ0v) is 11.0. The second-order valence-electron chi connectivity index (χ2n) is 3.76. The maximum absolute atomic E-state index is 10.8. The Bertz CT molecular complexity index is 383. The van der Waals surface area contributed by atoms with Gasteiger partial charge in [-0.15, -0.1) is 0 Å². The molecule has 0 radical (unpaired) electrons. The summed E-state index contributed by atoms with van der Waals surface area (Å²) in [5.74, 6) is 0.990. The number of unbranched alkanes of at least 4 members (excludes halogenated alkanes) is 1. The topological polar surface area (TPSA) is 62.2 Å². The van der Waals surface area contributed by atoms with Crippen LogP contribution in [0.5, 0.6) is 0 Å². The number of anilines is 1. The minimum absolute atomic E-state index is 0.262. The van der Waals surface area contributed by atoms with Crippen molar-refractivity contribution >= 4 is 23.5 Å². The maximum atomic E-state index is 10.8. The minimum Gasteiger partial charge on any atom is -0.478 e. The van der Waals surface area contributed by atoms with E-state index in [9.17, 15) is 4.79 Å². The van der Waals surface area contributed by atoms with E-state index in [0.29, 0.717) is 5.69 Å². The molecular weight excluding hydrogens is 236 g/mol. The normalized spacial score (nSPS) is 10.2. The van der Waals surface area contributed by atoms with Crippen molar-refractivity contribution in [2.75, 3.05) is 23.9 Å². The van der Waals surface area contributed by atoms with Crippen molar-refractivity contribution in [3.8, 4) is 0 Å². The third-order valence-electron chi connectivity index (χ3n) is 2.40. The van der Waals surface area contributed by atoms with E-state index in [1.807, 2.05) is 11.8 Å². The number of aromatic carboxylic acids is 1. The van der Waals surface area contributed by atoms with Gasteiger partial charge in [0.15, 0.2) is 0 Å². The maximum Gasteiger partial charge on any atom is 0.337 e. The summed E-state index contributed by atoms with van der Waals surface area (Å²) in [5.41, 5.74) is 0.810. The molecule has 0 aliphatic heterocycles. The van der Waals surface area contributed by atoms with Gasteiger partial charge in [-0.25, -0.2) is 9.78 Å². The number of hydrogen-bond donors (Lipinski definition) is 2. The van der Waals surface area contributed by atoms with Gasteiger partial charge in [0.05, 0.1) is 11.3 Å². The van der Waals surface area contributed by atoms with Crippen LogP contribution in [0.4, 0.5) is 5.82 Å². The van der Waals surface area contributed by atoms with Gasteiger partial charge in [0.2, 0.25) is 0 Å². The average Bonchev–Trinajstić information content (AvgIpc) is 2.28. The lowest BCUT2D eigenvalue weighted by atomic mass is 10.2. The van der Waals surface area contributed by atoms with Crippen LogP contribution in [-0.4, -0.2) is 34.6 Å². The molecular formula is C12H18N2O2S. The van der Waals surface area contributed by atoms with Crippen LogP contribution in [0.3, 0.4) is 0 Å². The lowest BCUT2D eigenvalue weighted by Gasteiger charge is -2.07. The van der Waals surface area contributed by atoms with Crippen molar-refractivity contribution in [1.82, 2.24) is 4.98 Å². The Morgan fingerprint density at radius 2 is 2.24 bits per heavy atom. The summed E-state index contributed by atoms with van der Waals surface area (Å²) in [6.07, 6.45) is 4.38. The molecule has 0 bridgehead atoms. The number of carboxylic acid groups (broad SMARTS) is 1. The first kappa shape index (κ1) is 13.8. The molecule has 5 heteroatoms. The van der Waals surface area contributed by atoms with Gasteiger partial charge in [0, 0.05) is 6.54 Å². The van der Waals surface area contributed by atoms with Crippen molar-refractivity contribution in [2.24, 2.45) is 0 Å². The van der Waals surface area contributed by atoms with Gasteiger partial charge in [-0.2, -0.15) is 11.8 Å². The fourth-order valence-corrected chi connectivity index (χ4v) is 1.97. The number of rotatable bonds is 7. The fraction of sp³-hybridized carbons (Fsp3) is 0.500. The number of carboxylic acids is 1. The number of hydrogen-bond acceptors (Lipinski definition) is 4. The van der Waals surface area contributed by atoms with Gasteiger partial charge in [0.25, 0.3) is 0 Å². The molecule has 0 aromatic carbocycles. The Balaban J connectivity index is 2.45. The first-order chi connectivity index (χ1) is 8.15. The summed E-state index contributed by atoms with van der Waals surface area (Å²) in [5, 5.41) is 12.1. The van der Waals surface area contributed by atoms with Crippen molar-refractivity contribution in [2.45, 2.75) is 19.8 Å². The van der Waals surface area contributed by atoms with E-state index < -0.39 is 5.97 Å². The minimum atomic E-state index is -0.929. The Labute approximate surface area is 106 Å². The molecule has 0 unspecified atom stereocenters. The molecule has 0 aliphatic carbocycles. The van der Waals surface area contributed by atoms with Crippen LogP contribution >= 0.6 is 11.8 Å². The van der Waals surface area contributed by atoms with Crippen molar-refractivity contribution < 1.29 is 9.90 Å². The average molecular weight is 254 g/mol. The highest BCUT2D eigenvalue weighted by Gasteiger charge is 2.07. The van der Waals surface area contributed by atoms with E-state index in [1.165, 1.54) is 12.2 Å². The smallest absolute Gasteiger partial charge is 0.337 e. The molecule has 1 heterocycles. The van der Waals surface area contributed by atoms with Crippen LogP contribution in [-0.2, 0) is 0 Å². The Hall–Kier alpha value is -1.23. The third-order valence-corrected chi connectivity index (χ3v) is 3.09. The molecule has 17 heavy (non-hydrogen) atoms. The van der Waals surface area contributed by atoms with Crippen LogP contribution in [0.1, 0.15) is 28.9 Å². The SMILES string of the molecule is CSCCCCNc1ccc(C(=O)O)c(C)n1. The van der Waals surface area contributed by atoms with Gasteiger partial charge in [-0.05, 0) is 43.9 Å². The van der Waals surface area contributed by atoms with E-state index in [4.69, 9.17) is 5.11 Å². The van der Waals surface area contributed by atoms with Gasteiger partial charge in [-0.3, -0.25) is 0 Å². The monoisotopic (exact) mass is 254 g/mol. The van der Waals surface area contributed by atoms with Crippen molar-refractivity contribution in [3.63, 3.8) is 0 Å². The van der Waals surface area contributed by atoms with Gasteiger partial charge in [0.1, 0.15) is 5.82 Å². The standard InChI is InChI=1S/C12H18N2O2S/c1-9-10(12(15)16)5-6-11(14-9)13-7-3-4-8-17-2/h5-6H,3-4,7-8H2,1-2H3,(H,13,14)(H,15,16). The van der Waals surface area contributed by atoms with Gasteiger partial charge in [-0.1, -0.05) is 0 Å². The van der Waals surface area contributed by atoms with Crippen LogP contribution in [0, 0.1) is 6.92 Å². The Kier molecular flexibility index (Phi) is 5.83. The molecule has 1 aromatic heterocycles.